The van der Waals surface area contributed by atoms with E-state index in [2.05, 4.69) is 0 Å². The largest absolute Gasteiger partial charge is 0.497 e. The molecule has 1 N–H and O–H groups in total. The van der Waals surface area contributed by atoms with Gasteiger partial charge in [0.1, 0.15) is 11.4 Å². The number of aromatic carboxylic acids is 1. The highest BCUT2D eigenvalue weighted by Gasteiger charge is 2.27. The molecule has 0 spiro atoms. The van der Waals surface area contributed by atoms with Gasteiger partial charge in [0, 0.05) is 23.0 Å². The van der Waals surface area contributed by atoms with E-state index in [0.29, 0.717) is 28.8 Å². The van der Waals surface area contributed by atoms with Crippen molar-refractivity contribution in [3.63, 3.8) is 0 Å². The number of hydrogen-bond donors (Lipinski definition) is 1. The van der Waals surface area contributed by atoms with Crippen LogP contribution < -0.4 is 4.74 Å². The van der Waals surface area contributed by atoms with Crippen molar-refractivity contribution in [2.45, 2.75) is 6.54 Å². The zero-order chi connectivity index (χ0) is 20.4. The molecule has 5 heteroatoms. The maximum absolute atomic E-state index is 13.3. The number of ketones is 1. The lowest BCUT2D eigenvalue weighted by molar-refractivity contribution is 0.0682. The Morgan fingerprint density at radius 2 is 1.55 bits per heavy atom. The van der Waals surface area contributed by atoms with Crippen molar-refractivity contribution in [1.29, 1.82) is 0 Å². The third-order valence-corrected chi connectivity index (χ3v) is 4.94. The zero-order valence-electron chi connectivity index (χ0n) is 15.8. The van der Waals surface area contributed by atoms with E-state index in [1.54, 1.807) is 42.0 Å². The summed E-state index contributed by atoms with van der Waals surface area (Å²) in [5, 5.41) is 10.6. The Morgan fingerprint density at radius 3 is 2.21 bits per heavy atom. The van der Waals surface area contributed by atoms with E-state index in [0.717, 1.165) is 5.56 Å². The number of nitrogens with zero attached hydrogens (tertiary/aromatic N) is 1. The number of carbonyl (C=O) groups is 2. The highest BCUT2D eigenvalue weighted by atomic mass is 16.5. The summed E-state index contributed by atoms with van der Waals surface area (Å²) >= 11 is 0. The summed E-state index contributed by atoms with van der Waals surface area (Å²) in [7, 11) is 1.55. The molecule has 0 fully saturated rings. The summed E-state index contributed by atoms with van der Waals surface area (Å²) in [4.78, 5) is 25.6. The minimum atomic E-state index is -1.13. The van der Waals surface area contributed by atoms with Crippen LogP contribution in [-0.4, -0.2) is 28.5 Å². The van der Waals surface area contributed by atoms with E-state index >= 15 is 0 Å². The highest BCUT2D eigenvalue weighted by Crippen LogP contribution is 2.30. The summed E-state index contributed by atoms with van der Waals surface area (Å²) in [6.45, 7) is 0.360. The van der Waals surface area contributed by atoms with E-state index in [1.807, 2.05) is 48.5 Å². The molecule has 0 amide bonds. The van der Waals surface area contributed by atoms with E-state index in [4.69, 9.17) is 4.74 Å². The van der Waals surface area contributed by atoms with Crippen LogP contribution in [0, 0.1) is 0 Å². The van der Waals surface area contributed by atoms with Crippen LogP contribution in [0.25, 0.3) is 10.9 Å². The molecule has 0 saturated carbocycles. The van der Waals surface area contributed by atoms with Crippen LogP contribution >= 0.6 is 0 Å². The molecule has 5 nitrogen and oxygen atoms in total. The fourth-order valence-electron chi connectivity index (χ4n) is 3.57. The molecule has 0 radical (unpaired) electrons. The summed E-state index contributed by atoms with van der Waals surface area (Å²) < 4.78 is 6.85. The van der Waals surface area contributed by atoms with Crippen LogP contribution in [0.15, 0.2) is 78.9 Å². The third kappa shape index (κ3) is 3.38. The van der Waals surface area contributed by atoms with Gasteiger partial charge in [0.05, 0.1) is 12.7 Å². The smallest absolute Gasteiger partial charge is 0.353 e. The molecule has 4 rings (SSSR count). The third-order valence-electron chi connectivity index (χ3n) is 4.94. The summed E-state index contributed by atoms with van der Waals surface area (Å²) in [6.07, 6.45) is 0. The number of fused-ring (bicyclic) bond motifs is 1. The molecule has 0 bridgehead atoms. The van der Waals surface area contributed by atoms with Crippen molar-refractivity contribution in [3.8, 4) is 5.75 Å². The maximum Gasteiger partial charge on any atom is 0.353 e. The normalized spacial score (nSPS) is 10.8. The molecule has 0 atom stereocenters. The number of benzene rings is 3. The number of carboxylic acid groups (broad SMARTS) is 1. The second-order valence-electron chi connectivity index (χ2n) is 6.68. The SMILES string of the molecule is COc1ccc(C(=O)c2c(C(=O)O)n(Cc3ccccc3)c3ccccc23)cc1. The first-order valence-corrected chi connectivity index (χ1v) is 9.17. The average Bonchev–Trinajstić information content (AvgIpc) is 3.08. The first kappa shape index (κ1) is 18.5. The summed E-state index contributed by atoms with van der Waals surface area (Å²) in [5.74, 6) is -0.825. The molecule has 0 aliphatic rings. The number of para-hydroxylation sites is 1. The number of aromatic nitrogens is 1. The Kier molecular flexibility index (Phi) is 4.87. The predicted molar refractivity (Wildman–Crippen MR) is 111 cm³/mol. The van der Waals surface area contributed by atoms with Crippen LogP contribution in [0.4, 0.5) is 0 Å². The van der Waals surface area contributed by atoms with Gasteiger partial charge in [-0.15, -0.1) is 0 Å². The standard InChI is InChI=1S/C24H19NO4/c1-29-18-13-11-17(12-14-18)23(26)21-19-9-5-6-10-20(19)25(22(21)24(27)28)15-16-7-3-2-4-8-16/h2-14H,15H2,1H3,(H,27,28). The van der Waals surface area contributed by atoms with Gasteiger partial charge in [-0.1, -0.05) is 48.5 Å². The molecule has 0 saturated heterocycles. The second-order valence-corrected chi connectivity index (χ2v) is 6.68. The van der Waals surface area contributed by atoms with Gasteiger partial charge in [-0.3, -0.25) is 4.79 Å². The number of ether oxygens (including phenoxy) is 1. The van der Waals surface area contributed by atoms with Crippen LogP contribution in [0.2, 0.25) is 0 Å². The van der Waals surface area contributed by atoms with Gasteiger partial charge in [-0.2, -0.15) is 0 Å². The Hall–Kier alpha value is -3.86. The van der Waals surface area contributed by atoms with Gasteiger partial charge < -0.3 is 14.4 Å². The quantitative estimate of drug-likeness (QED) is 0.492. The molecule has 1 aromatic heterocycles. The molecule has 0 unspecified atom stereocenters. The van der Waals surface area contributed by atoms with E-state index in [-0.39, 0.29) is 17.0 Å². The fourth-order valence-corrected chi connectivity index (χ4v) is 3.57. The highest BCUT2D eigenvalue weighted by molar-refractivity contribution is 6.21. The molecular formula is C24H19NO4. The molecule has 0 aliphatic heterocycles. The molecule has 29 heavy (non-hydrogen) atoms. The van der Waals surface area contributed by atoms with E-state index in [1.165, 1.54) is 0 Å². The lowest BCUT2D eigenvalue weighted by Crippen LogP contribution is -2.14. The lowest BCUT2D eigenvalue weighted by Gasteiger charge is -2.09. The first-order chi connectivity index (χ1) is 14.1. The van der Waals surface area contributed by atoms with Crippen LogP contribution in [0.1, 0.15) is 32.0 Å². The van der Waals surface area contributed by atoms with E-state index in [9.17, 15) is 14.7 Å². The van der Waals surface area contributed by atoms with Crippen LogP contribution in [0.3, 0.4) is 0 Å². The molecular weight excluding hydrogens is 366 g/mol. The minimum absolute atomic E-state index is 0.00382. The van der Waals surface area contributed by atoms with Crippen molar-refractivity contribution < 1.29 is 19.4 Å². The Balaban J connectivity index is 1.92. The molecule has 144 valence electrons. The molecule has 1 heterocycles. The van der Waals surface area contributed by atoms with Crippen molar-refractivity contribution in [2.75, 3.05) is 7.11 Å². The van der Waals surface area contributed by atoms with Gasteiger partial charge in [-0.25, -0.2) is 4.79 Å². The van der Waals surface area contributed by atoms with Crippen molar-refractivity contribution >= 4 is 22.7 Å². The second kappa shape index (κ2) is 7.64. The summed E-state index contributed by atoms with van der Waals surface area (Å²) in [5.41, 5.74) is 2.28. The molecule has 3 aromatic carbocycles. The van der Waals surface area contributed by atoms with Gasteiger partial charge >= 0.3 is 5.97 Å². The number of methoxy groups -OCH3 is 1. The van der Waals surface area contributed by atoms with Gasteiger partial charge in [0.2, 0.25) is 0 Å². The maximum atomic E-state index is 13.3. The van der Waals surface area contributed by atoms with Crippen molar-refractivity contribution in [1.82, 2.24) is 4.57 Å². The number of carboxylic acids is 1. The number of rotatable bonds is 6. The van der Waals surface area contributed by atoms with Crippen molar-refractivity contribution in [2.24, 2.45) is 0 Å². The van der Waals surface area contributed by atoms with Crippen molar-refractivity contribution in [3.05, 3.63) is 101 Å². The molecule has 4 aromatic rings. The van der Waals surface area contributed by atoms with Gasteiger partial charge in [-0.05, 0) is 35.9 Å². The van der Waals surface area contributed by atoms with Gasteiger partial charge in [0.15, 0.2) is 5.78 Å². The molecule has 0 aliphatic carbocycles. The van der Waals surface area contributed by atoms with Crippen LogP contribution in [-0.2, 0) is 6.54 Å². The fraction of sp³-hybridized carbons (Fsp3) is 0.0833. The zero-order valence-corrected chi connectivity index (χ0v) is 15.8. The number of carbonyl (C=O) groups excluding carboxylic acids is 1. The Bertz CT molecular complexity index is 1190. The Labute approximate surface area is 167 Å². The predicted octanol–water partition coefficient (Wildman–Crippen LogP) is 4.63. The minimum Gasteiger partial charge on any atom is -0.497 e. The Morgan fingerprint density at radius 1 is 0.897 bits per heavy atom. The lowest BCUT2D eigenvalue weighted by atomic mass is 10.00. The van der Waals surface area contributed by atoms with Crippen LogP contribution in [0.5, 0.6) is 5.75 Å². The topological polar surface area (TPSA) is 68.5 Å². The van der Waals surface area contributed by atoms with Gasteiger partial charge in [0.25, 0.3) is 0 Å². The average molecular weight is 385 g/mol. The monoisotopic (exact) mass is 385 g/mol. The first-order valence-electron chi connectivity index (χ1n) is 9.17. The van der Waals surface area contributed by atoms with E-state index < -0.39 is 5.97 Å². The number of hydrogen-bond acceptors (Lipinski definition) is 3. The summed E-state index contributed by atoms with van der Waals surface area (Å²) in [6, 6.07) is 23.6.